The maximum Gasteiger partial charge on any atom is 0.0320 e. The highest BCUT2D eigenvalue weighted by atomic mass is 14.9. The van der Waals surface area contributed by atoms with Crippen molar-refractivity contribution in [1.29, 1.82) is 0 Å². The van der Waals surface area contributed by atoms with Crippen molar-refractivity contribution in [2.45, 2.75) is 63.8 Å². The third kappa shape index (κ3) is 3.02. The van der Waals surface area contributed by atoms with Crippen LogP contribution in [0.1, 0.15) is 67.7 Å². The number of aryl methyl sites for hydroxylation is 2. The molecule has 104 valence electrons. The van der Waals surface area contributed by atoms with Gasteiger partial charge in [-0.1, -0.05) is 50.3 Å². The minimum Gasteiger partial charge on any atom is -0.313 e. The molecule has 2 aliphatic rings. The molecule has 1 heteroatoms. The molecule has 19 heavy (non-hydrogen) atoms. The van der Waals surface area contributed by atoms with Crippen LogP contribution in [-0.2, 0) is 12.8 Å². The lowest BCUT2D eigenvalue weighted by atomic mass is 9.83. The van der Waals surface area contributed by atoms with E-state index in [1.165, 1.54) is 63.4 Å². The highest BCUT2D eigenvalue weighted by Gasteiger charge is 2.20. The van der Waals surface area contributed by atoms with Gasteiger partial charge >= 0.3 is 0 Å². The first kappa shape index (κ1) is 13.2. The fraction of sp³-hybridized carbons (Fsp3) is 0.667. The van der Waals surface area contributed by atoms with Gasteiger partial charge in [-0.2, -0.15) is 0 Å². The van der Waals surface area contributed by atoms with Gasteiger partial charge in [-0.05, 0) is 55.3 Å². The number of fused-ring (bicyclic) bond motifs is 1. The molecular formula is C18H27N. The number of benzene rings is 1. The Hall–Kier alpha value is -0.820. The zero-order valence-corrected chi connectivity index (χ0v) is 12.3. The summed E-state index contributed by atoms with van der Waals surface area (Å²) in [5.41, 5.74) is 4.73. The summed E-state index contributed by atoms with van der Waals surface area (Å²) in [5, 5.41) is 3.56. The van der Waals surface area contributed by atoms with Crippen LogP contribution in [0.25, 0.3) is 0 Å². The predicted molar refractivity (Wildman–Crippen MR) is 81.5 cm³/mol. The molecular weight excluding hydrogens is 230 g/mol. The Labute approximate surface area is 117 Å². The second kappa shape index (κ2) is 6.09. The van der Waals surface area contributed by atoms with E-state index in [1.54, 1.807) is 11.1 Å². The second-order valence-electron chi connectivity index (χ2n) is 6.46. The number of hydrogen-bond donors (Lipinski definition) is 1. The smallest absolute Gasteiger partial charge is 0.0320 e. The van der Waals surface area contributed by atoms with E-state index in [0.717, 1.165) is 5.92 Å². The zero-order chi connectivity index (χ0) is 13.1. The summed E-state index contributed by atoms with van der Waals surface area (Å²) in [5.74, 6) is 0.944. The van der Waals surface area contributed by atoms with Crippen LogP contribution in [0.15, 0.2) is 18.2 Å². The summed E-state index contributed by atoms with van der Waals surface area (Å²) in [6, 6.07) is 7.79. The van der Waals surface area contributed by atoms with Crippen molar-refractivity contribution < 1.29 is 0 Å². The Balaban J connectivity index is 1.70. The van der Waals surface area contributed by atoms with Crippen molar-refractivity contribution >= 4 is 0 Å². The lowest BCUT2D eigenvalue weighted by molar-refractivity contribution is 0.306. The maximum atomic E-state index is 3.56. The van der Waals surface area contributed by atoms with Crippen molar-refractivity contribution in [3.05, 3.63) is 34.9 Å². The number of hydrogen-bond acceptors (Lipinski definition) is 1. The van der Waals surface area contributed by atoms with Gasteiger partial charge in [-0.3, -0.25) is 0 Å². The molecule has 1 unspecified atom stereocenters. The molecule has 3 rings (SSSR count). The molecule has 0 spiro atoms. The Morgan fingerprint density at radius 3 is 2.63 bits per heavy atom. The topological polar surface area (TPSA) is 12.0 Å². The lowest BCUT2D eigenvalue weighted by Gasteiger charge is -2.27. The second-order valence-corrected chi connectivity index (χ2v) is 6.46. The molecule has 1 saturated carbocycles. The SMILES string of the molecule is CNC(CC1CCCCC1)c1ccc2c(c1)CCC2. The molecule has 0 aromatic heterocycles. The van der Waals surface area contributed by atoms with Crippen LogP contribution >= 0.6 is 0 Å². The lowest BCUT2D eigenvalue weighted by Crippen LogP contribution is -2.21. The first-order chi connectivity index (χ1) is 9.36. The summed E-state index contributed by atoms with van der Waals surface area (Å²) in [6.45, 7) is 0. The summed E-state index contributed by atoms with van der Waals surface area (Å²) in [6.07, 6.45) is 12.5. The standard InChI is InChI=1S/C18H27N/c1-19-18(12-14-6-3-2-4-7-14)17-11-10-15-8-5-9-16(15)13-17/h10-11,13-14,18-19H,2-9,12H2,1H3. The van der Waals surface area contributed by atoms with Gasteiger partial charge in [0.1, 0.15) is 0 Å². The Bertz CT molecular complexity index is 418. The quantitative estimate of drug-likeness (QED) is 0.842. The van der Waals surface area contributed by atoms with Crippen molar-refractivity contribution in [2.75, 3.05) is 7.05 Å². The van der Waals surface area contributed by atoms with Crippen molar-refractivity contribution in [1.82, 2.24) is 5.32 Å². The van der Waals surface area contributed by atoms with E-state index >= 15 is 0 Å². The third-order valence-electron chi connectivity index (χ3n) is 5.17. The first-order valence-electron chi connectivity index (χ1n) is 8.16. The van der Waals surface area contributed by atoms with Crippen LogP contribution in [0, 0.1) is 5.92 Å². The molecule has 0 amide bonds. The molecule has 1 aromatic rings. The molecule has 0 bridgehead atoms. The van der Waals surface area contributed by atoms with Crippen molar-refractivity contribution in [3.8, 4) is 0 Å². The van der Waals surface area contributed by atoms with Crippen LogP contribution in [0.5, 0.6) is 0 Å². The fourth-order valence-electron chi connectivity index (χ4n) is 3.99. The molecule has 1 nitrogen and oxygen atoms in total. The zero-order valence-electron chi connectivity index (χ0n) is 12.3. The van der Waals surface area contributed by atoms with E-state index in [1.807, 2.05) is 0 Å². The average molecular weight is 257 g/mol. The molecule has 1 atom stereocenters. The van der Waals surface area contributed by atoms with Crippen LogP contribution in [-0.4, -0.2) is 7.05 Å². The highest BCUT2D eigenvalue weighted by Crippen LogP contribution is 2.33. The fourth-order valence-corrected chi connectivity index (χ4v) is 3.99. The normalized spacial score (nSPS) is 21.3. The highest BCUT2D eigenvalue weighted by molar-refractivity contribution is 5.36. The van der Waals surface area contributed by atoms with Gasteiger partial charge < -0.3 is 5.32 Å². The number of rotatable bonds is 4. The molecule has 0 aliphatic heterocycles. The van der Waals surface area contributed by atoms with E-state index in [-0.39, 0.29) is 0 Å². The van der Waals surface area contributed by atoms with Gasteiger partial charge in [0.25, 0.3) is 0 Å². The van der Waals surface area contributed by atoms with Gasteiger partial charge in [0.05, 0.1) is 0 Å². The van der Waals surface area contributed by atoms with Gasteiger partial charge in [0, 0.05) is 6.04 Å². The maximum absolute atomic E-state index is 3.56. The third-order valence-corrected chi connectivity index (χ3v) is 5.17. The van der Waals surface area contributed by atoms with Crippen LogP contribution in [0.2, 0.25) is 0 Å². The minimum atomic E-state index is 0.564. The van der Waals surface area contributed by atoms with E-state index in [0.29, 0.717) is 6.04 Å². The Morgan fingerprint density at radius 1 is 1.05 bits per heavy atom. The average Bonchev–Trinajstić information content (AvgIpc) is 2.93. The van der Waals surface area contributed by atoms with Gasteiger partial charge in [-0.15, -0.1) is 0 Å². The molecule has 0 radical (unpaired) electrons. The molecule has 1 N–H and O–H groups in total. The van der Waals surface area contributed by atoms with Gasteiger partial charge in [0.2, 0.25) is 0 Å². The van der Waals surface area contributed by atoms with Crippen molar-refractivity contribution in [3.63, 3.8) is 0 Å². The van der Waals surface area contributed by atoms with E-state index in [2.05, 4.69) is 30.6 Å². The van der Waals surface area contributed by atoms with Gasteiger partial charge in [0.15, 0.2) is 0 Å². The largest absolute Gasteiger partial charge is 0.313 e. The molecule has 2 aliphatic carbocycles. The summed E-state index contributed by atoms with van der Waals surface area (Å²) >= 11 is 0. The Morgan fingerprint density at radius 2 is 1.84 bits per heavy atom. The molecule has 1 fully saturated rings. The Kier molecular flexibility index (Phi) is 4.22. The first-order valence-corrected chi connectivity index (χ1v) is 8.16. The molecule has 0 heterocycles. The van der Waals surface area contributed by atoms with E-state index < -0.39 is 0 Å². The number of nitrogens with one attached hydrogen (secondary N) is 1. The van der Waals surface area contributed by atoms with Crippen LogP contribution in [0.4, 0.5) is 0 Å². The molecule has 0 saturated heterocycles. The van der Waals surface area contributed by atoms with Crippen LogP contribution in [0.3, 0.4) is 0 Å². The molecule has 1 aromatic carbocycles. The van der Waals surface area contributed by atoms with E-state index in [9.17, 15) is 0 Å². The minimum absolute atomic E-state index is 0.564. The predicted octanol–water partition coefficient (Wildman–Crippen LogP) is 4.41. The van der Waals surface area contributed by atoms with Crippen LogP contribution < -0.4 is 5.32 Å². The van der Waals surface area contributed by atoms with Crippen molar-refractivity contribution in [2.24, 2.45) is 5.92 Å². The summed E-state index contributed by atoms with van der Waals surface area (Å²) < 4.78 is 0. The van der Waals surface area contributed by atoms with Gasteiger partial charge in [-0.25, -0.2) is 0 Å². The van der Waals surface area contributed by atoms with E-state index in [4.69, 9.17) is 0 Å². The summed E-state index contributed by atoms with van der Waals surface area (Å²) in [7, 11) is 2.13. The monoisotopic (exact) mass is 257 g/mol. The summed E-state index contributed by atoms with van der Waals surface area (Å²) in [4.78, 5) is 0.